The van der Waals surface area contributed by atoms with E-state index in [-0.39, 0.29) is 41.0 Å². The van der Waals surface area contributed by atoms with Gasteiger partial charge in [-0.3, -0.25) is 9.69 Å². The van der Waals surface area contributed by atoms with Crippen molar-refractivity contribution in [2.75, 3.05) is 32.7 Å². The summed E-state index contributed by atoms with van der Waals surface area (Å²) in [5.74, 6) is -0.917. The average molecular weight is 453 g/mol. The second-order valence-corrected chi connectivity index (χ2v) is 9.27. The van der Waals surface area contributed by atoms with Crippen LogP contribution in [0.3, 0.4) is 0 Å². The molecule has 10 heteroatoms. The first kappa shape index (κ1) is 22.4. The molecule has 160 valence electrons. The van der Waals surface area contributed by atoms with Crippen LogP contribution < -0.4 is 5.43 Å². The number of carbonyl (C=O) groups excluding carboxylic acids is 1. The molecule has 0 radical (unpaired) electrons. The molecule has 1 aliphatic rings. The molecule has 1 heterocycles. The number of benzene rings is 2. The van der Waals surface area contributed by atoms with Crippen molar-refractivity contribution in [3.05, 3.63) is 64.4 Å². The van der Waals surface area contributed by atoms with E-state index in [1.807, 2.05) is 11.8 Å². The van der Waals surface area contributed by atoms with Gasteiger partial charge in [0.15, 0.2) is 0 Å². The Hall–Kier alpha value is -2.33. The molecule has 30 heavy (non-hydrogen) atoms. The fraction of sp³-hybridized carbons (Fsp3) is 0.300. The van der Waals surface area contributed by atoms with Crippen LogP contribution >= 0.6 is 11.6 Å². The minimum Gasteiger partial charge on any atom is -0.292 e. The van der Waals surface area contributed by atoms with Crippen molar-refractivity contribution in [1.29, 1.82) is 0 Å². The standard InChI is InChI=1S/C20H22ClFN4O3S/c1-15-5-7-16(8-6-15)30(28,29)26-11-9-25(10-12-26)14-20(27)24-23-13-17-18(21)3-2-4-19(17)22/h2-8,13H,9-12,14H2,1H3,(H,24,27). The van der Waals surface area contributed by atoms with E-state index in [4.69, 9.17) is 11.6 Å². The predicted octanol–water partition coefficient (Wildman–Crippen LogP) is 2.24. The summed E-state index contributed by atoms with van der Waals surface area (Å²) >= 11 is 5.90. The van der Waals surface area contributed by atoms with Crippen molar-refractivity contribution >= 4 is 33.7 Å². The Bertz CT molecular complexity index is 1020. The number of aryl methyl sites for hydroxylation is 1. The van der Waals surface area contributed by atoms with Gasteiger partial charge in [0.1, 0.15) is 5.82 Å². The first-order valence-corrected chi connectivity index (χ1v) is 11.1. The van der Waals surface area contributed by atoms with Gasteiger partial charge in [0, 0.05) is 31.7 Å². The predicted molar refractivity (Wildman–Crippen MR) is 114 cm³/mol. The summed E-state index contributed by atoms with van der Waals surface area (Å²) in [6.07, 6.45) is 1.15. The number of piperazine rings is 1. The highest BCUT2D eigenvalue weighted by atomic mass is 35.5. The number of nitrogens with zero attached hydrogens (tertiary/aromatic N) is 3. The SMILES string of the molecule is Cc1ccc(S(=O)(=O)N2CCN(CC(=O)NN=Cc3c(F)cccc3Cl)CC2)cc1. The summed E-state index contributed by atoms with van der Waals surface area (Å²) in [6, 6.07) is 11.0. The summed E-state index contributed by atoms with van der Waals surface area (Å²) in [5.41, 5.74) is 3.42. The van der Waals surface area contributed by atoms with Crippen LogP contribution in [0, 0.1) is 12.7 Å². The van der Waals surface area contributed by atoms with E-state index in [1.54, 1.807) is 24.3 Å². The lowest BCUT2D eigenvalue weighted by atomic mass is 10.2. The molecular formula is C20H22ClFN4O3S. The number of sulfonamides is 1. The Labute approximate surface area is 180 Å². The van der Waals surface area contributed by atoms with Crippen molar-refractivity contribution in [2.24, 2.45) is 5.10 Å². The molecule has 0 bridgehead atoms. The largest absolute Gasteiger partial charge is 0.292 e. The quantitative estimate of drug-likeness (QED) is 0.538. The van der Waals surface area contributed by atoms with Gasteiger partial charge in [-0.25, -0.2) is 18.2 Å². The minimum absolute atomic E-state index is 0.0563. The molecule has 0 aromatic heterocycles. The van der Waals surface area contributed by atoms with Crippen molar-refractivity contribution in [3.63, 3.8) is 0 Å². The molecule has 1 N–H and O–H groups in total. The lowest BCUT2D eigenvalue weighted by Gasteiger charge is -2.33. The van der Waals surface area contributed by atoms with Gasteiger partial charge in [-0.1, -0.05) is 35.4 Å². The zero-order valence-corrected chi connectivity index (χ0v) is 18.0. The zero-order chi connectivity index (χ0) is 21.7. The molecule has 1 saturated heterocycles. The van der Waals surface area contributed by atoms with Crippen LogP contribution in [0.4, 0.5) is 4.39 Å². The third-order valence-corrected chi connectivity index (χ3v) is 6.98. The maximum Gasteiger partial charge on any atom is 0.254 e. The number of carbonyl (C=O) groups is 1. The van der Waals surface area contributed by atoms with Crippen LogP contribution in [0.15, 0.2) is 52.5 Å². The molecule has 7 nitrogen and oxygen atoms in total. The lowest BCUT2D eigenvalue weighted by Crippen LogP contribution is -2.50. The summed E-state index contributed by atoms with van der Waals surface area (Å²) in [4.78, 5) is 14.2. The van der Waals surface area contributed by atoms with E-state index >= 15 is 0 Å². The van der Waals surface area contributed by atoms with Crippen LogP contribution in [0.25, 0.3) is 0 Å². The number of halogens is 2. The number of rotatable bonds is 6. The molecule has 0 spiro atoms. The topological polar surface area (TPSA) is 82.1 Å². The molecule has 0 saturated carbocycles. The first-order chi connectivity index (χ1) is 14.3. The highest BCUT2D eigenvalue weighted by molar-refractivity contribution is 7.89. The van der Waals surface area contributed by atoms with Crippen LogP contribution in [0.5, 0.6) is 0 Å². The van der Waals surface area contributed by atoms with E-state index in [0.717, 1.165) is 11.8 Å². The summed E-state index contributed by atoms with van der Waals surface area (Å²) in [5, 5.41) is 3.94. The van der Waals surface area contributed by atoms with Gasteiger partial charge in [-0.2, -0.15) is 9.41 Å². The van der Waals surface area contributed by atoms with Crippen molar-refractivity contribution < 1.29 is 17.6 Å². The van der Waals surface area contributed by atoms with Crippen LogP contribution in [-0.4, -0.2) is 62.5 Å². The monoisotopic (exact) mass is 452 g/mol. The molecule has 1 amide bonds. The Morgan fingerprint density at radius 2 is 1.83 bits per heavy atom. The Morgan fingerprint density at radius 1 is 1.17 bits per heavy atom. The van der Waals surface area contributed by atoms with Crippen LogP contribution in [0.1, 0.15) is 11.1 Å². The summed E-state index contributed by atoms with van der Waals surface area (Å²) in [7, 11) is -3.55. The highest BCUT2D eigenvalue weighted by Crippen LogP contribution is 2.18. The van der Waals surface area contributed by atoms with Crippen LogP contribution in [-0.2, 0) is 14.8 Å². The molecule has 0 unspecified atom stereocenters. The van der Waals surface area contributed by atoms with Gasteiger partial charge >= 0.3 is 0 Å². The number of nitrogens with one attached hydrogen (secondary N) is 1. The number of amides is 1. The fourth-order valence-electron chi connectivity index (χ4n) is 3.03. The van der Waals surface area contributed by atoms with Gasteiger partial charge in [-0.05, 0) is 31.2 Å². The van der Waals surface area contributed by atoms with Gasteiger partial charge in [-0.15, -0.1) is 0 Å². The van der Waals surface area contributed by atoms with Gasteiger partial charge in [0.25, 0.3) is 5.91 Å². The molecular weight excluding hydrogens is 431 g/mol. The summed E-state index contributed by atoms with van der Waals surface area (Å²) < 4.78 is 40.5. The molecule has 2 aromatic carbocycles. The normalized spacial score (nSPS) is 16.1. The maximum absolute atomic E-state index is 13.7. The van der Waals surface area contributed by atoms with Crippen molar-refractivity contribution in [3.8, 4) is 0 Å². The second-order valence-electron chi connectivity index (χ2n) is 6.92. The third-order valence-electron chi connectivity index (χ3n) is 4.74. The Kier molecular flexibility index (Phi) is 7.19. The molecule has 1 aliphatic heterocycles. The van der Waals surface area contributed by atoms with Gasteiger partial charge in [0.2, 0.25) is 10.0 Å². The van der Waals surface area contributed by atoms with E-state index in [9.17, 15) is 17.6 Å². The van der Waals surface area contributed by atoms with E-state index in [1.165, 1.54) is 22.5 Å². The van der Waals surface area contributed by atoms with Crippen molar-refractivity contribution in [1.82, 2.24) is 14.6 Å². The summed E-state index contributed by atoms with van der Waals surface area (Å²) in [6.45, 7) is 3.37. The minimum atomic E-state index is -3.55. The van der Waals surface area contributed by atoms with E-state index in [2.05, 4.69) is 10.5 Å². The maximum atomic E-state index is 13.7. The molecule has 0 aliphatic carbocycles. The molecule has 2 aromatic rings. The van der Waals surface area contributed by atoms with Crippen LogP contribution in [0.2, 0.25) is 5.02 Å². The second kappa shape index (κ2) is 9.65. The molecule has 0 atom stereocenters. The molecule has 3 rings (SSSR count). The molecule has 1 fully saturated rings. The highest BCUT2D eigenvalue weighted by Gasteiger charge is 2.28. The van der Waals surface area contributed by atoms with E-state index in [0.29, 0.717) is 13.1 Å². The first-order valence-electron chi connectivity index (χ1n) is 9.32. The number of hydrogen-bond donors (Lipinski definition) is 1. The fourth-order valence-corrected chi connectivity index (χ4v) is 4.66. The van der Waals surface area contributed by atoms with Gasteiger partial charge < -0.3 is 0 Å². The zero-order valence-electron chi connectivity index (χ0n) is 16.4. The average Bonchev–Trinajstić information content (AvgIpc) is 2.71. The van der Waals surface area contributed by atoms with Crippen molar-refractivity contribution in [2.45, 2.75) is 11.8 Å². The number of hydrogen-bond acceptors (Lipinski definition) is 5. The number of hydrazone groups is 1. The smallest absolute Gasteiger partial charge is 0.254 e. The Morgan fingerprint density at radius 3 is 2.47 bits per heavy atom. The third kappa shape index (κ3) is 5.42. The lowest BCUT2D eigenvalue weighted by molar-refractivity contribution is -0.122. The Balaban J connectivity index is 1.50. The van der Waals surface area contributed by atoms with Gasteiger partial charge in [0.05, 0.1) is 22.7 Å². The van der Waals surface area contributed by atoms with E-state index < -0.39 is 15.8 Å².